The summed E-state index contributed by atoms with van der Waals surface area (Å²) in [5.41, 5.74) is 2.04. The van der Waals surface area contributed by atoms with E-state index in [9.17, 15) is 0 Å². The van der Waals surface area contributed by atoms with E-state index in [0.717, 1.165) is 43.3 Å². The molecular weight excluding hydrogens is 402 g/mol. The van der Waals surface area contributed by atoms with E-state index in [1.165, 1.54) is 5.56 Å². The lowest BCUT2D eigenvalue weighted by Crippen LogP contribution is -2.46. The highest BCUT2D eigenvalue weighted by Gasteiger charge is 2.34. The van der Waals surface area contributed by atoms with E-state index < -0.39 is 0 Å². The van der Waals surface area contributed by atoms with Gasteiger partial charge in [-0.1, -0.05) is 23.7 Å². The summed E-state index contributed by atoms with van der Waals surface area (Å²) < 4.78 is 16.7. The van der Waals surface area contributed by atoms with Gasteiger partial charge in [0.05, 0.1) is 13.7 Å². The first-order chi connectivity index (χ1) is 14.6. The SMILES string of the molecule is CCOc1cc(NC(=NC)NCC2(c3cccc(Cl)c3)CCOCC2)ccc1OC. The Bertz CT molecular complexity index is 867. The number of anilines is 1. The molecule has 7 heteroatoms. The molecule has 1 aliphatic heterocycles. The van der Waals surface area contributed by atoms with Gasteiger partial charge in [0.15, 0.2) is 17.5 Å². The molecule has 0 spiro atoms. The fraction of sp³-hybridized carbons (Fsp3) is 0.435. The Morgan fingerprint density at radius 2 is 1.97 bits per heavy atom. The zero-order valence-corrected chi connectivity index (χ0v) is 18.6. The van der Waals surface area contributed by atoms with E-state index >= 15 is 0 Å². The molecule has 1 saturated heterocycles. The maximum absolute atomic E-state index is 6.28. The summed E-state index contributed by atoms with van der Waals surface area (Å²) in [5, 5.41) is 7.59. The van der Waals surface area contributed by atoms with Gasteiger partial charge in [0.25, 0.3) is 0 Å². The van der Waals surface area contributed by atoms with Crippen molar-refractivity contribution in [1.29, 1.82) is 0 Å². The first kappa shape index (κ1) is 22.2. The van der Waals surface area contributed by atoms with Crippen LogP contribution in [0.25, 0.3) is 0 Å². The molecule has 0 aromatic heterocycles. The number of hydrogen-bond donors (Lipinski definition) is 2. The van der Waals surface area contributed by atoms with E-state index in [1.54, 1.807) is 14.2 Å². The van der Waals surface area contributed by atoms with Gasteiger partial charge in [-0.2, -0.15) is 0 Å². The predicted octanol–water partition coefficient (Wildman–Crippen LogP) is 4.48. The van der Waals surface area contributed by atoms with Crippen molar-refractivity contribution in [3.05, 3.63) is 53.1 Å². The van der Waals surface area contributed by atoms with Crippen LogP contribution in [0.5, 0.6) is 11.5 Å². The van der Waals surface area contributed by atoms with Gasteiger partial charge < -0.3 is 24.8 Å². The Morgan fingerprint density at radius 1 is 1.17 bits per heavy atom. The smallest absolute Gasteiger partial charge is 0.195 e. The summed E-state index contributed by atoms with van der Waals surface area (Å²) >= 11 is 6.28. The Balaban J connectivity index is 1.74. The van der Waals surface area contributed by atoms with Crippen LogP contribution < -0.4 is 20.1 Å². The second kappa shape index (κ2) is 10.5. The zero-order valence-electron chi connectivity index (χ0n) is 17.8. The average Bonchev–Trinajstić information content (AvgIpc) is 2.77. The fourth-order valence-corrected chi connectivity index (χ4v) is 3.93. The van der Waals surface area contributed by atoms with E-state index in [0.29, 0.717) is 24.1 Å². The normalized spacial score (nSPS) is 16.1. The Labute approximate surface area is 183 Å². The van der Waals surface area contributed by atoms with E-state index in [1.807, 2.05) is 37.3 Å². The van der Waals surface area contributed by atoms with Crippen molar-refractivity contribution in [2.75, 3.05) is 45.8 Å². The predicted molar refractivity (Wildman–Crippen MR) is 122 cm³/mol. The average molecular weight is 432 g/mol. The van der Waals surface area contributed by atoms with Gasteiger partial charge in [-0.15, -0.1) is 0 Å². The van der Waals surface area contributed by atoms with Crippen molar-refractivity contribution in [3.63, 3.8) is 0 Å². The number of benzene rings is 2. The van der Waals surface area contributed by atoms with Crippen molar-refractivity contribution >= 4 is 23.2 Å². The van der Waals surface area contributed by atoms with Crippen LogP contribution in [0.3, 0.4) is 0 Å². The summed E-state index contributed by atoms with van der Waals surface area (Å²) in [7, 11) is 3.40. The molecule has 0 bridgehead atoms. The highest BCUT2D eigenvalue weighted by molar-refractivity contribution is 6.30. The number of nitrogens with zero attached hydrogens (tertiary/aromatic N) is 1. The molecule has 6 nitrogen and oxygen atoms in total. The molecule has 2 N–H and O–H groups in total. The number of aliphatic imine (C=N–C) groups is 1. The molecular formula is C23H30ClN3O3. The van der Waals surface area contributed by atoms with Crippen LogP contribution in [-0.2, 0) is 10.2 Å². The van der Waals surface area contributed by atoms with Gasteiger partial charge in [-0.3, -0.25) is 4.99 Å². The molecule has 0 atom stereocenters. The second-order valence-electron chi connectivity index (χ2n) is 7.25. The molecule has 1 fully saturated rings. The van der Waals surface area contributed by atoms with Crippen molar-refractivity contribution < 1.29 is 14.2 Å². The molecule has 0 amide bonds. The van der Waals surface area contributed by atoms with E-state index in [4.69, 9.17) is 25.8 Å². The minimum absolute atomic E-state index is 0.0584. The van der Waals surface area contributed by atoms with Crippen LogP contribution in [-0.4, -0.2) is 46.5 Å². The van der Waals surface area contributed by atoms with Crippen molar-refractivity contribution in [2.24, 2.45) is 4.99 Å². The molecule has 3 rings (SSSR count). The van der Waals surface area contributed by atoms with Crippen LogP contribution in [0.15, 0.2) is 47.5 Å². The standard InChI is InChI=1S/C23H30ClN3O3/c1-4-30-21-15-19(8-9-20(21)28-3)27-22(25-2)26-16-23(10-12-29-13-11-23)17-6-5-7-18(24)14-17/h5-9,14-15H,4,10-13,16H2,1-3H3,(H2,25,26,27). The largest absolute Gasteiger partial charge is 0.493 e. The fourth-order valence-electron chi connectivity index (χ4n) is 3.74. The Kier molecular flexibility index (Phi) is 7.82. The monoisotopic (exact) mass is 431 g/mol. The number of nitrogens with one attached hydrogen (secondary N) is 2. The quantitative estimate of drug-likeness (QED) is 0.499. The summed E-state index contributed by atoms with van der Waals surface area (Å²) in [4.78, 5) is 4.39. The maximum atomic E-state index is 6.28. The summed E-state index contributed by atoms with van der Waals surface area (Å²) in [6.45, 7) is 4.71. The van der Waals surface area contributed by atoms with Crippen LogP contribution in [0, 0.1) is 0 Å². The first-order valence-corrected chi connectivity index (χ1v) is 10.6. The molecule has 1 heterocycles. The topological polar surface area (TPSA) is 64.1 Å². The molecule has 0 radical (unpaired) electrons. The number of rotatable bonds is 7. The van der Waals surface area contributed by atoms with E-state index in [2.05, 4.69) is 27.8 Å². The molecule has 2 aromatic carbocycles. The van der Waals surface area contributed by atoms with Gasteiger partial charge in [-0.05, 0) is 49.6 Å². The van der Waals surface area contributed by atoms with Crippen LogP contribution >= 0.6 is 11.6 Å². The van der Waals surface area contributed by atoms with Gasteiger partial charge >= 0.3 is 0 Å². The molecule has 2 aromatic rings. The van der Waals surface area contributed by atoms with Gasteiger partial charge in [0.2, 0.25) is 0 Å². The number of methoxy groups -OCH3 is 1. The third kappa shape index (κ3) is 5.37. The summed E-state index contributed by atoms with van der Waals surface area (Å²) in [6, 6.07) is 13.9. The lowest BCUT2D eigenvalue weighted by molar-refractivity contribution is 0.0514. The summed E-state index contributed by atoms with van der Waals surface area (Å²) in [5.74, 6) is 2.09. The third-order valence-corrected chi connectivity index (χ3v) is 5.67. The zero-order chi connectivity index (χ0) is 21.4. The second-order valence-corrected chi connectivity index (χ2v) is 7.69. The third-order valence-electron chi connectivity index (χ3n) is 5.43. The van der Waals surface area contributed by atoms with Gasteiger partial charge in [0, 0.05) is 49.0 Å². The number of halogens is 1. The van der Waals surface area contributed by atoms with Crippen LogP contribution in [0.4, 0.5) is 5.69 Å². The van der Waals surface area contributed by atoms with Gasteiger partial charge in [-0.25, -0.2) is 0 Å². The number of guanidine groups is 1. The minimum atomic E-state index is -0.0584. The Hall–Kier alpha value is -2.44. The van der Waals surface area contributed by atoms with Crippen molar-refractivity contribution in [3.8, 4) is 11.5 Å². The lowest BCUT2D eigenvalue weighted by atomic mass is 9.74. The van der Waals surface area contributed by atoms with E-state index in [-0.39, 0.29) is 5.41 Å². The van der Waals surface area contributed by atoms with Crippen molar-refractivity contribution in [2.45, 2.75) is 25.2 Å². The van der Waals surface area contributed by atoms with Gasteiger partial charge in [0.1, 0.15) is 0 Å². The molecule has 0 saturated carbocycles. The molecule has 1 aliphatic rings. The molecule has 162 valence electrons. The molecule has 30 heavy (non-hydrogen) atoms. The van der Waals surface area contributed by atoms with Crippen LogP contribution in [0.1, 0.15) is 25.3 Å². The first-order valence-electron chi connectivity index (χ1n) is 10.2. The molecule has 0 unspecified atom stereocenters. The number of ether oxygens (including phenoxy) is 3. The lowest BCUT2D eigenvalue weighted by Gasteiger charge is -2.38. The number of hydrogen-bond acceptors (Lipinski definition) is 4. The maximum Gasteiger partial charge on any atom is 0.195 e. The Morgan fingerprint density at radius 3 is 2.63 bits per heavy atom. The van der Waals surface area contributed by atoms with Crippen molar-refractivity contribution in [1.82, 2.24) is 5.32 Å². The molecule has 0 aliphatic carbocycles. The highest BCUT2D eigenvalue weighted by atomic mass is 35.5. The van der Waals surface area contributed by atoms with Crippen LogP contribution in [0.2, 0.25) is 5.02 Å². The summed E-state index contributed by atoms with van der Waals surface area (Å²) in [6.07, 6.45) is 1.85. The highest BCUT2D eigenvalue weighted by Crippen LogP contribution is 2.35. The minimum Gasteiger partial charge on any atom is -0.493 e.